The van der Waals surface area contributed by atoms with Crippen LogP contribution in [0.2, 0.25) is 0 Å². The van der Waals surface area contributed by atoms with Crippen molar-refractivity contribution < 1.29 is 4.39 Å². The lowest BCUT2D eigenvalue weighted by atomic mass is 10.1. The zero-order valence-electron chi connectivity index (χ0n) is 12.4. The molecule has 0 spiro atoms. The van der Waals surface area contributed by atoms with E-state index in [9.17, 15) is 4.39 Å². The van der Waals surface area contributed by atoms with Gasteiger partial charge in [0.1, 0.15) is 17.5 Å². The quantitative estimate of drug-likeness (QED) is 0.912. The lowest BCUT2D eigenvalue weighted by Gasteiger charge is -2.18. The Labute approximate surface area is 119 Å². The summed E-state index contributed by atoms with van der Waals surface area (Å²) in [6.07, 6.45) is 1.04. The Bertz CT molecular complexity index is 592. The molecular formula is C15H21FN4. The van der Waals surface area contributed by atoms with E-state index < -0.39 is 0 Å². The highest BCUT2D eigenvalue weighted by atomic mass is 19.1. The Kier molecular flexibility index (Phi) is 4.49. The maximum absolute atomic E-state index is 13.6. The fraction of sp³-hybridized carbons (Fsp3) is 0.467. The SMILES string of the molecule is CCCNC(C)c1cc(F)ccc1-n1nc(C)nc1C. The summed E-state index contributed by atoms with van der Waals surface area (Å²) < 4.78 is 15.4. The Hall–Kier alpha value is -1.75. The summed E-state index contributed by atoms with van der Waals surface area (Å²) in [5.74, 6) is 1.29. The van der Waals surface area contributed by atoms with Crippen LogP contribution < -0.4 is 5.32 Å². The van der Waals surface area contributed by atoms with E-state index in [4.69, 9.17) is 0 Å². The number of nitrogens with zero attached hydrogens (tertiary/aromatic N) is 3. The summed E-state index contributed by atoms with van der Waals surface area (Å²) >= 11 is 0. The van der Waals surface area contributed by atoms with E-state index in [1.165, 1.54) is 6.07 Å². The number of hydrogen-bond donors (Lipinski definition) is 1. The third-order valence-corrected chi connectivity index (χ3v) is 3.26. The molecule has 0 fully saturated rings. The number of aryl methyl sites for hydroxylation is 2. The Morgan fingerprint density at radius 1 is 1.35 bits per heavy atom. The number of halogens is 1. The summed E-state index contributed by atoms with van der Waals surface area (Å²) in [5.41, 5.74) is 1.77. The standard InChI is InChI=1S/C15H21FN4/c1-5-8-17-10(2)14-9-13(16)6-7-15(14)20-12(4)18-11(3)19-20/h6-7,9-10,17H,5,8H2,1-4H3. The summed E-state index contributed by atoms with van der Waals surface area (Å²) in [6.45, 7) is 8.79. The van der Waals surface area contributed by atoms with Crippen LogP contribution in [-0.4, -0.2) is 21.3 Å². The van der Waals surface area contributed by atoms with E-state index in [1.807, 2.05) is 20.8 Å². The van der Waals surface area contributed by atoms with Gasteiger partial charge in [0.2, 0.25) is 0 Å². The predicted molar refractivity (Wildman–Crippen MR) is 77.5 cm³/mol. The maximum Gasteiger partial charge on any atom is 0.148 e. The van der Waals surface area contributed by atoms with Gasteiger partial charge in [-0.2, -0.15) is 5.10 Å². The zero-order chi connectivity index (χ0) is 14.7. The summed E-state index contributed by atoms with van der Waals surface area (Å²) in [7, 11) is 0. The molecule has 1 aromatic heterocycles. The molecule has 0 aliphatic heterocycles. The fourth-order valence-electron chi connectivity index (χ4n) is 2.29. The highest BCUT2D eigenvalue weighted by molar-refractivity contribution is 5.43. The molecule has 20 heavy (non-hydrogen) atoms. The molecule has 1 N–H and O–H groups in total. The van der Waals surface area contributed by atoms with Crippen molar-refractivity contribution in [1.29, 1.82) is 0 Å². The molecule has 2 aromatic rings. The smallest absolute Gasteiger partial charge is 0.148 e. The first-order chi connectivity index (χ1) is 9.52. The number of hydrogen-bond acceptors (Lipinski definition) is 3. The van der Waals surface area contributed by atoms with Gasteiger partial charge in [-0.15, -0.1) is 0 Å². The van der Waals surface area contributed by atoms with Crippen molar-refractivity contribution in [3.8, 4) is 5.69 Å². The van der Waals surface area contributed by atoms with Crippen molar-refractivity contribution in [3.63, 3.8) is 0 Å². The van der Waals surface area contributed by atoms with Crippen molar-refractivity contribution in [2.45, 2.75) is 40.2 Å². The minimum absolute atomic E-state index is 0.0598. The molecule has 1 unspecified atom stereocenters. The minimum atomic E-state index is -0.233. The van der Waals surface area contributed by atoms with E-state index in [0.29, 0.717) is 5.82 Å². The topological polar surface area (TPSA) is 42.7 Å². The second kappa shape index (κ2) is 6.13. The molecule has 1 atom stereocenters. The molecule has 1 aromatic carbocycles. The van der Waals surface area contributed by atoms with Crippen LogP contribution in [0.3, 0.4) is 0 Å². The van der Waals surface area contributed by atoms with Crippen molar-refractivity contribution >= 4 is 0 Å². The van der Waals surface area contributed by atoms with Crippen molar-refractivity contribution in [2.24, 2.45) is 0 Å². The lowest BCUT2D eigenvalue weighted by molar-refractivity contribution is 0.557. The molecular weight excluding hydrogens is 255 g/mol. The van der Waals surface area contributed by atoms with E-state index in [0.717, 1.165) is 30.0 Å². The number of rotatable bonds is 5. The zero-order valence-corrected chi connectivity index (χ0v) is 12.4. The normalized spacial score (nSPS) is 12.7. The van der Waals surface area contributed by atoms with Crippen LogP contribution in [0.4, 0.5) is 4.39 Å². The second-order valence-electron chi connectivity index (χ2n) is 5.00. The van der Waals surface area contributed by atoms with Crippen molar-refractivity contribution in [1.82, 2.24) is 20.1 Å². The predicted octanol–water partition coefficient (Wildman–Crippen LogP) is 3.08. The molecule has 0 aliphatic carbocycles. The van der Waals surface area contributed by atoms with Gasteiger partial charge >= 0.3 is 0 Å². The molecule has 0 saturated heterocycles. The van der Waals surface area contributed by atoms with Crippen molar-refractivity contribution in [3.05, 3.63) is 41.2 Å². The largest absolute Gasteiger partial charge is 0.310 e. The maximum atomic E-state index is 13.6. The Morgan fingerprint density at radius 3 is 2.70 bits per heavy atom. The Balaban J connectivity index is 2.45. The lowest BCUT2D eigenvalue weighted by Crippen LogP contribution is -2.21. The number of nitrogens with one attached hydrogen (secondary N) is 1. The first-order valence-electron chi connectivity index (χ1n) is 6.96. The van der Waals surface area contributed by atoms with Gasteiger partial charge in [-0.1, -0.05) is 6.92 Å². The van der Waals surface area contributed by atoms with Crippen LogP contribution in [0.1, 0.15) is 43.5 Å². The van der Waals surface area contributed by atoms with E-state index in [1.54, 1.807) is 16.8 Å². The molecule has 4 nitrogen and oxygen atoms in total. The fourth-order valence-corrected chi connectivity index (χ4v) is 2.29. The molecule has 0 amide bonds. The van der Waals surface area contributed by atoms with Crippen molar-refractivity contribution in [2.75, 3.05) is 6.54 Å². The van der Waals surface area contributed by atoms with E-state index in [-0.39, 0.29) is 11.9 Å². The molecule has 1 heterocycles. The average molecular weight is 276 g/mol. The molecule has 0 radical (unpaired) electrons. The first kappa shape index (κ1) is 14.7. The third-order valence-electron chi connectivity index (χ3n) is 3.26. The van der Waals surface area contributed by atoms with Crippen LogP contribution in [0.25, 0.3) is 5.69 Å². The molecule has 5 heteroatoms. The van der Waals surface area contributed by atoms with Gasteiger partial charge in [0, 0.05) is 6.04 Å². The van der Waals surface area contributed by atoms with Gasteiger partial charge in [-0.05, 0) is 57.5 Å². The third kappa shape index (κ3) is 3.04. The molecule has 108 valence electrons. The second-order valence-corrected chi connectivity index (χ2v) is 5.00. The van der Waals surface area contributed by atoms with Gasteiger partial charge in [-0.25, -0.2) is 14.1 Å². The minimum Gasteiger partial charge on any atom is -0.310 e. The number of aromatic nitrogens is 3. The van der Waals surface area contributed by atoms with Crippen LogP contribution >= 0.6 is 0 Å². The van der Waals surface area contributed by atoms with Gasteiger partial charge in [0.15, 0.2) is 0 Å². The summed E-state index contributed by atoms with van der Waals surface area (Å²) in [4.78, 5) is 4.31. The van der Waals surface area contributed by atoms with Gasteiger partial charge in [0.05, 0.1) is 5.69 Å². The summed E-state index contributed by atoms with van der Waals surface area (Å²) in [5, 5.41) is 7.77. The Morgan fingerprint density at radius 2 is 2.10 bits per heavy atom. The van der Waals surface area contributed by atoms with Crippen LogP contribution in [0.5, 0.6) is 0 Å². The molecule has 0 aliphatic rings. The van der Waals surface area contributed by atoms with E-state index >= 15 is 0 Å². The first-order valence-corrected chi connectivity index (χ1v) is 6.96. The van der Waals surface area contributed by atoms with Gasteiger partial charge < -0.3 is 5.32 Å². The highest BCUT2D eigenvalue weighted by Gasteiger charge is 2.15. The van der Waals surface area contributed by atoms with Gasteiger partial charge in [-0.3, -0.25) is 0 Å². The van der Waals surface area contributed by atoms with Crippen LogP contribution in [0, 0.1) is 19.7 Å². The molecule has 2 rings (SSSR count). The highest BCUT2D eigenvalue weighted by Crippen LogP contribution is 2.23. The number of benzene rings is 1. The molecule has 0 bridgehead atoms. The molecule has 0 saturated carbocycles. The summed E-state index contributed by atoms with van der Waals surface area (Å²) in [6, 6.07) is 4.85. The van der Waals surface area contributed by atoms with Gasteiger partial charge in [0.25, 0.3) is 0 Å². The monoisotopic (exact) mass is 276 g/mol. The average Bonchev–Trinajstić information content (AvgIpc) is 2.74. The van der Waals surface area contributed by atoms with Crippen LogP contribution in [-0.2, 0) is 0 Å². The van der Waals surface area contributed by atoms with Crippen LogP contribution in [0.15, 0.2) is 18.2 Å². The van der Waals surface area contributed by atoms with E-state index in [2.05, 4.69) is 22.3 Å².